The van der Waals surface area contributed by atoms with Gasteiger partial charge in [0.1, 0.15) is 0 Å². The van der Waals surface area contributed by atoms with Crippen LogP contribution in [0.4, 0.5) is 0 Å². The number of nitrogens with one attached hydrogen (secondary N) is 1. The van der Waals surface area contributed by atoms with Gasteiger partial charge in [0.05, 0.1) is 25.4 Å². The summed E-state index contributed by atoms with van der Waals surface area (Å²) < 4.78 is 5.42. The number of hydrogen-bond acceptors (Lipinski definition) is 5. The van der Waals surface area contributed by atoms with Crippen LogP contribution in [0.1, 0.15) is 232 Å². The summed E-state index contributed by atoms with van der Waals surface area (Å²) in [5, 5.41) is 23.0. The number of carbonyl (C=O) groups is 2. The lowest BCUT2D eigenvalue weighted by molar-refractivity contribution is -0.143. The van der Waals surface area contributed by atoms with Crippen molar-refractivity contribution in [1.82, 2.24) is 5.32 Å². The van der Waals surface area contributed by atoms with E-state index in [1.165, 1.54) is 141 Å². The normalized spacial score (nSPS) is 13.0. The third-order valence-corrected chi connectivity index (χ3v) is 10.4. The number of amides is 1. The van der Waals surface area contributed by atoms with E-state index in [-0.39, 0.29) is 18.5 Å². The fourth-order valence-electron chi connectivity index (χ4n) is 6.80. The van der Waals surface area contributed by atoms with Crippen LogP contribution in [0, 0.1) is 0 Å². The first kappa shape index (κ1) is 52.1. The Bertz CT molecular complexity index is 884. The van der Waals surface area contributed by atoms with Crippen molar-refractivity contribution in [3.05, 3.63) is 36.5 Å². The van der Waals surface area contributed by atoms with E-state index in [9.17, 15) is 19.8 Å². The number of ether oxygens (including phenoxy) is 1. The van der Waals surface area contributed by atoms with E-state index in [4.69, 9.17) is 4.74 Å². The van der Waals surface area contributed by atoms with E-state index in [2.05, 4.69) is 49.5 Å². The van der Waals surface area contributed by atoms with Crippen molar-refractivity contribution in [3.8, 4) is 0 Å². The van der Waals surface area contributed by atoms with Crippen LogP contribution in [-0.4, -0.2) is 47.4 Å². The lowest BCUT2D eigenvalue weighted by atomic mass is 10.0. The molecule has 1 amide bonds. The predicted molar refractivity (Wildman–Crippen MR) is 232 cm³/mol. The Kier molecular flexibility index (Phi) is 42.2. The molecule has 3 N–H and O–H groups in total. The average molecular weight is 760 g/mol. The Morgan fingerprint density at radius 2 is 0.944 bits per heavy atom. The zero-order chi connectivity index (χ0) is 39.4. The van der Waals surface area contributed by atoms with Crippen molar-refractivity contribution in [2.24, 2.45) is 0 Å². The predicted octanol–water partition coefficient (Wildman–Crippen LogP) is 13.3. The first-order valence-corrected chi connectivity index (χ1v) is 23.2. The molecule has 0 rings (SSSR count). The highest BCUT2D eigenvalue weighted by Crippen LogP contribution is 2.15. The maximum atomic E-state index is 12.4. The summed E-state index contributed by atoms with van der Waals surface area (Å²) in [6.45, 7) is 4.84. The molecule has 0 radical (unpaired) electrons. The summed E-state index contributed by atoms with van der Waals surface area (Å²) in [5.41, 5.74) is 0. The molecule has 0 aliphatic carbocycles. The summed E-state index contributed by atoms with van der Waals surface area (Å²) in [7, 11) is 0. The Morgan fingerprint density at radius 3 is 1.50 bits per heavy atom. The van der Waals surface area contributed by atoms with E-state index < -0.39 is 12.1 Å². The van der Waals surface area contributed by atoms with Crippen molar-refractivity contribution >= 4 is 11.9 Å². The standard InChI is InChI=1S/C48H89NO5/c1-3-5-7-9-11-13-15-20-24-28-32-36-40-46(51)45(44-50)49-47(52)41-37-33-29-25-21-18-17-19-23-27-31-35-39-43-54-48(53)42-38-34-30-26-22-16-14-12-10-8-6-4-2/h12,14,18,21,29,33,45-46,50-51H,3-11,13,15-17,19-20,22-28,30-32,34-44H2,1-2H3,(H,49,52)/b14-12-,21-18-,33-29-. The number of hydrogen-bond donors (Lipinski definition) is 3. The number of unbranched alkanes of at least 4 members (excludes halogenated alkanes) is 25. The van der Waals surface area contributed by atoms with Gasteiger partial charge < -0.3 is 20.3 Å². The van der Waals surface area contributed by atoms with E-state index >= 15 is 0 Å². The Hall–Kier alpha value is -1.92. The van der Waals surface area contributed by atoms with Gasteiger partial charge >= 0.3 is 5.97 Å². The van der Waals surface area contributed by atoms with Crippen LogP contribution < -0.4 is 5.32 Å². The van der Waals surface area contributed by atoms with Crippen LogP contribution in [-0.2, 0) is 14.3 Å². The minimum Gasteiger partial charge on any atom is -0.466 e. The Balaban J connectivity index is 3.58. The molecule has 2 atom stereocenters. The second-order valence-corrected chi connectivity index (χ2v) is 15.7. The van der Waals surface area contributed by atoms with Gasteiger partial charge in [-0.15, -0.1) is 0 Å². The quantitative estimate of drug-likeness (QED) is 0.0327. The van der Waals surface area contributed by atoms with Gasteiger partial charge in [-0.05, 0) is 70.6 Å². The van der Waals surface area contributed by atoms with Crippen molar-refractivity contribution < 1.29 is 24.5 Å². The molecule has 54 heavy (non-hydrogen) atoms. The molecule has 0 aromatic rings. The Morgan fingerprint density at radius 1 is 0.519 bits per heavy atom. The first-order chi connectivity index (χ1) is 26.5. The van der Waals surface area contributed by atoms with Crippen molar-refractivity contribution in [2.75, 3.05) is 13.2 Å². The third kappa shape index (κ3) is 39.8. The summed E-state index contributed by atoms with van der Waals surface area (Å²) in [6.07, 6.45) is 51.1. The minimum absolute atomic E-state index is 0.0281. The number of allylic oxidation sites excluding steroid dienone is 6. The van der Waals surface area contributed by atoms with Crippen molar-refractivity contribution in [3.63, 3.8) is 0 Å². The monoisotopic (exact) mass is 760 g/mol. The molecule has 6 heteroatoms. The number of rotatable bonds is 42. The highest BCUT2D eigenvalue weighted by atomic mass is 16.5. The molecule has 6 nitrogen and oxygen atoms in total. The van der Waals surface area contributed by atoms with Gasteiger partial charge in [-0.3, -0.25) is 9.59 Å². The minimum atomic E-state index is -0.698. The molecule has 0 aliphatic heterocycles. The van der Waals surface area contributed by atoms with E-state index in [1.54, 1.807) is 0 Å². The number of aliphatic hydroxyl groups is 2. The van der Waals surface area contributed by atoms with Gasteiger partial charge in [-0.1, -0.05) is 185 Å². The second kappa shape index (κ2) is 43.8. The van der Waals surface area contributed by atoms with Crippen LogP contribution >= 0.6 is 0 Å². The van der Waals surface area contributed by atoms with Crippen molar-refractivity contribution in [1.29, 1.82) is 0 Å². The fourth-order valence-corrected chi connectivity index (χ4v) is 6.80. The summed E-state index contributed by atoms with van der Waals surface area (Å²) in [4.78, 5) is 24.3. The molecule has 316 valence electrons. The van der Waals surface area contributed by atoms with Crippen LogP contribution in [0.15, 0.2) is 36.5 Å². The van der Waals surface area contributed by atoms with Gasteiger partial charge in [0.25, 0.3) is 0 Å². The van der Waals surface area contributed by atoms with Crippen LogP contribution in [0.25, 0.3) is 0 Å². The second-order valence-electron chi connectivity index (χ2n) is 15.7. The summed E-state index contributed by atoms with van der Waals surface area (Å²) >= 11 is 0. The van der Waals surface area contributed by atoms with Crippen molar-refractivity contribution in [2.45, 2.75) is 244 Å². The summed E-state index contributed by atoms with van der Waals surface area (Å²) in [6, 6.07) is -0.584. The van der Waals surface area contributed by atoms with Gasteiger partial charge in [0.15, 0.2) is 0 Å². The third-order valence-electron chi connectivity index (χ3n) is 10.4. The summed E-state index contributed by atoms with van der Waals surface area (Å²) in [5.74, 6) is -0.146. The molecule has 0 heterocycles. The topological polar surface area (TPSA) is 95.9 Å². The van der Waals surface area contributed by atoms with E-state index in [0.29, 0.717) is 32.3 Å². The molecule has 0 saturated carbocycles. The zero-order valence-electron chi connectivity index (χ0n) is 35.7. The first-order valence-electron chi connectivity index (χ1n) is 23.2. The van der Waals surface area contributed by atoms with Gasteiger partial charge in [-0.2, -0.15) is 0 Å². The molecule has 2 unspecified atom stereocenters. The molecular formula is C48H89NO5. The average Bonchev–Trinajstić information content (AvgIpc) is 3.17. The van der Waals surface area contributed by atoms with Gasteiger partial charge in [0, 0.05) is 12.8 Å². The smallest absolute Gasteiger partial charge is 0.305 e. The number of esters is 1. The zero-order valence-corrected chi connectivity index (χ0v) is 35.7. The largest absolute Gasteiger partial charge is 0.466 e. The lowest BCUT2D eigenvalue weighted by Gasteiger charge is -2.22. The molecule has 0 aromatic carbocycles. The van der Waals surface area contributed by atoms with Crippen LogP contribution in [0.3, 0.4) is 0 Å². The maximum Gasteiger partial charge on any atom is 0.305 e. The molecule has 0 bridgehead atoms. The molecule has 0 aromatic heterocycles. The van der Waals surface area contributed by atoms with E-state index in [0.717, 1.165) is 51.4 Å². The highest BCUT2D eigenvalue weighted by Gasteiger charge is 2.19. The molecule has 0 saturated heterocycles. The molecular weight excluding hydrogens is 671 g/mol. The van der Waals surface area contributed by atoms with Gasteiger partial charge in [-0.25, -0.2) is 0 Å². The molecule has 0 spiro atoms. The van der Waals surface area contributed by atoms with Crippen LogP contribution in [0.5, 0.6) is 0 Å². The number of carbonyl (C=O) groups excluding carboxylic acids is 2. The SMILES string of the molecule is CCCCC/C=C\CCCCCCCC(=O)OCCCCCCCC/C=C\C/C=C\CCC(=O)NC(CO)C(O)CCCCCCCCCCCCCC. The highest BCUT2D eigenvalue weighted by molar-refractivity contribution is 5.76. The molecule has 0 aliphatic rings. The Labute approximate surface area is 334 Å². The van der Waals surface area contributed by atoms with E-state index in [1.807, 2.05) is 6.08 Å². The molecule has 0 fully saturated rings. The van der Waals surface area contributed by atoms with Crippen LogP contribution in [0.2, 0.25) is 0 Å². The number of aliphatic hydroxyl groups excluding tert-OH is 2. The van der Waals surface area contributed by atoms with Gasteiger partial charge in [0.2, 0.25) is 5.91 Å². The lowest BCUT2D eigenvalue weighted by Crippen LogP contribution is -2.45. The fraction of sp³-hybridized carbons (Fsp3) is 0.833. The maximum absolute atomic E-state index is 12.4.